The first-order valence-corrected chi connectivity index (χ1v) is 7.87. The van der Waals surface area contributed by atoms with E-state index in [1.165, 1.54) is 0 Å². The van der Waals surface area contributed by atoms with Crippen molar-refractivity contribution in [3.63, 3.8) is 0 Å². The molecule has 0 atom stereocenters. The van der Waals surface area contributed by atoms with Gasteiger partial charge in [-0.1, -0.05) is 37.0 Å². The third kappa shape index (κ3) is 3.66. The van der Waals surface area contributed by atoms with Crippen molar-refractivity contribution in [1.29, 1.82) is 0 Å². The van der Waals surface area contributed by atoms with Crippen LogP contribution in [0.1, 0.15) is 13.8 Å². The molecule has 3 rings (SSSR count). The number of aromatic amines is 1. The van der Waals surface area contributed by atoms with Gasteiger partial charge in [-0.05, 0) is 36.4 Å². The smallest absolute Gasteiger partial charge is 0.259 e. The fourth-order valence-electron chi connectivity index (χ4n) is 2.10. The van der Waals surface area contributed by atoms with Gasteiger partial charge in [0.15, 0.2) is 0 Å². The van der Waals surface area contributed by atoms with Crippen molar-refractivity contribution in [1.82, 2.24) is 9.97 Å². The van der Waals surface area contributed by atoms with Crippen LogP contribution < -0.4 is 10.3 Å². The van der Waals surface area contributed by atoms with Crippen molar-refractivity contribution in [2.24, 2.45) is 0 Å². The highest BCUT2D eigenvalue weighted by atomic mass is 35.5. The molecular weight excluding hydrogens is 335 g/mol. The topological polar surface area (TPSA) is 55.0 Å². The second-order valence-corrected chi connectivity index (χ2v) is 5.29. The Morgan fingerprint density at radius 3 is 2.39 bits per heavy atom. The summed E-state index contributed by atoms with van der Waals surface area (Å²) in [5, 5.41) is 1.46. The third-order valence-electron chi connectivity index (χ3n) is 3.08. The van der Waals surface area contributed by atoms with Crippen LogP contribution in [0, 0.1) is 0 Å². The number of benzene rings is 2. The molecule has 3 aromatic rings. The van der Waals surface area contributed by atoms with Crippen molar-refractivity contribution in [2.45, 2.75) is 13.8 Å². The van der Waals surface area contributed by atoms with Gasteiger partial charge in [-0.25, -0.2) is 4.98 Å². The van der Waals surface area contributed by atoms with Gasteiger partial charge in [0.1, 0.15) is 11.6 Å². The first-order chi connectivity index (χ1) is 11.1. The van der Waals surface area contributed by atoms with Gasteiger partial charge in [0.05, 0.1) is 23.6 Å². The lowest BCUT2D eigenvalue weighted by atomic mass is 10.1. The number of halogens is 2. The Balaban J connectivity index is 0.000000924. The molecule has 1 aromatic heterocycles. The molecule has 0 aliphatic heterocycles. The van der Waals surface area contributed by atoms with Crippen LogP contribution in [0.4, 0.5) is 0 Å². The quantitative estimate of drug-likeness (QED) is 0.712. The lowest BCUT2D eigenvalue weighted by Crippen LogP contribution is -2.09. The van der Waals surface area contributed by atoms with Gasteiger partial charge >= 0.3 is 0 Å². The molecule has 0 radical (unpaired) electrons. The van der Waals surface area contributed by atoms with Gasteiger partial charge in [0.25, 0.3) is 5.56 Å². The number of nitrogens with one attached hydrogen (secondary N) is 1. The summed E-state index contributed by atoms with van der Waals surface area (Å²) in [6.07, 6.45) is 0. The Kier molecular flexibility index (Phi) is 5.64. The van der Waals surface area contributed by atoms with Crippen molar-refractivity contribution < 1.29 is 4.74 Å². The van der Waals surface area contributed by atoms with Gasteiger partial charge < -0.3 is 9.72 Å². The fourth-order valence-corrected chi connectivity index (χ4v) is 2.45. The molecule has 4 nitrogen and oxygen atoms in total. The molecule has 0 unspecified atom stereocenters. The molecule has 0 aliphatic rings. The fraction of sp³-hybridized carbons (Fsp3) is 0.176. The van der Waals surface area contributed by atoms with E-state index in [9.17, 15) is 4.79 Å². The highest BCUT2D eigenvalue weighted by Gasteiger charge is 2.11. The second-order valence-electron chi connectivity index (χ2n) is 4.42. The summed E-state index contributed by atoms with van der Waals surface area (Å²) in [4.78, 5) is 19.4. The number of hydrogen-bond acceptors (Lipinski definition) is 3. The Hall–Kier alpha value is -2.04. The van der Waals surface area contributed by atoms with E-state index in [-0.39, 0.29) is 5.56 Å². The van der Waals surface area contributed by atoms with Crippen LogP contribution in [0.25, 0.3) is 22.3 Å². The largest absolute Gasteiger partial charge is 0.496 e. The Morgan fingerprint density at radius 2 is 1.70 bits per heavy atom. The second kappa shape index (κ2) is 7.49. The third-order valence-corrected chi connectivity index (χ3v) is 3.55. The predicted octanol–water partition coefficient (Wildman–Crippen LogP) is 4.93. The van der Waals surface area contributed by atoms with Crippen LogP contribution >= 0.6 is 23.2 Å². The minimum Gasteiger partial charge on any atom is -0.496 e. The van der Waals surface area contributed by atoms with E-state index in [0.29, 0.717) is 38.1 Å². The molecule has 23 heavy (non-hydrogen) atoms. The van der Waals surface area contributed by atoms with Crippen LogP contribution in [0.15, 0.2) is 41.2 Å². The number of hydrogen-bond donors (Lipinski definition) is 1. The minimum atomic E-state index is -0.264. The Labute approximate surface area is 144 Å². The molecule has 0 saturated carbocycles. The molecule has 0 saturated heterocycles. The first kappa shape index (κ1) is 17.3. The number of methoxy groups -OCH3 is 1. The van der Waals surface area contributed by atoms with E-state index in [0.717, 1.165) is 0 Å². The van der Waals surface area contributed by atoms with Crippen molar-refractivity contribution >= 4 is 34.1 Å². The van der Waals surface area contributed by atoms with E-state index < -0.39 is 0 Å². The summed E-state index contributed by atoms with van der Waals surface area (Å²) in [6.45, 7) is 4.00. The number of rotatable bonds is 2. The van der Waals surface area contributed by atoms with Crippen LogP contribution in [0.2, 0.25) is 10.0 Å². The van der Waals surface area contributed by atoms with E-state index in [2.05, 4.69) is 9.97 Å². The minimum absolute atomic E-state index is 0.264. The molecule has 0 amide bonds. The maximum absolute atomic E-state index is 12.2. The number of H-pyrrole nitrogens is 1. The van der Waals surface area contributed by atoms with Crippen LogP contribution in [0.3, 0.4) is 0 Å². The Morgan fingerprint density at radius 1 is 1.04 bits per heavy atom. The summed E-state index contributed by atoms with van der Waals surface area (Å²) >= 11 is 11.9. The molecule has 0 bridgehead atoms. The summed E-state index contributed by atoms with van der Waals surface area (Å²) in [5.41, 5.74) is 0.915. The highest BCUT2D eigenvalue weighted by molar-refractivity contribution is 6.31. The monoisotopic (exact) mass is 350 g/mol. The summed E-state index contributed by atoms with van der Waals surface area (Å²) in [6, 6.07) is 10.1. The first-order valence-electron chi connectivity index (χ1n) is 7.12. The van der Waals surface area contributed by atoms with Gasteiger partial charge in [-0.3, -0.25) is 4.79 Å². The number of nitrogens with zero attached hydrogens (tertiary/aromatic N) is 1. The molecule has 1 heterocycles. The van der Waals surface area contributed by atoms with E-state index >= 15 is 0 Å². The zero-order valence-electron chi connectivity index (χ0n) is 13.0. The average molecular weight is 351 g/mol. The molecule has 0 aliphatic carbocycles. The summed E-state index contributed by atoms with van der Waals surface area (Å²) in [5.74, 6) is 0.977. The molecule has 0 fully saturated rings. The van der Waals surface area contributed by atoms with E-state index in [1.54, 1.807) is 43.5 Å². The Bertz CT molecular complexity index is 891. The van der Waals surface area contributed by atoms with Crippen molar-refractivity contribution in [2.75, 3.05) is 7.11 Å². The highest BCUT2D eigenvalue weighted by Crippen LogP contribution is 2.30. The number of ether oxygens (including phenoxy) is 1. The van der Waals surface area contributed by atoms with Crippen molar-refractivity contribution in [3.05, 3.63) is 56.8 Å². The van der Waals surface area contributed by atoms with Gasteiger partial charge in [0.2, 0.25) is 0 Å². The zero-order valence-corrected chi connectivity index (χ0v) is 14.5. The standard InChI is InChI=1S/C15H10Cl2N2O2.C2H6/c1-21-13-5-3-9(17)7-11(13)14-18-12-4-2-8(16)6-10(12)15(20)19-14;1-2/h2-7H,1H3,(H,18,19,20);1-2H3. The predicted molar refractivity (Wildman–Crippen MR) is 95.7 cm³/mol. The lowest BCUT2D eigenvalue weighted by Gasteiger charge is -2.09. The van der Waals surface area contributed by atoms with Gasteiger partial charge in [-0.2, -0.15) is 0 Å². The molecule has 120 valence electrons. The van der Waals surface area contributed by atoms with Crippen LogP contribution in [0.5, 0.6) is 5.75 Å². The zero-order chi connectivity index (χ0) is 17.0. The average Bonchev–Trinajstić information content (AvgIpc) is 2.57. The maximum atomic E-state index is 12.2. The van der Waals surface area contributed by atoms with Gasteiger partial charge in [-0.15, -0.1) is 0 Å². The summed E-state index contributed by atoms with van der Waals surface area (Å²) in [7, 11) is 1.55. The van der Waals surface area contributed by atoms with Crippen LogP contribution in [-0.2, 0) is 0 Å². The van der Waals surface area contributed by atoms with Crippen LogP contribution in [-0.4, -0.2) is 17.1 Å². The molecule has 6 heteroatoms. The molecule has 1 N–H and O–H groups in total. The van der Waals surface area contributed by atoms with E-state index in [1.807, 2.05) is 13.8 Å². The van der Waals surface area contributed by atoms with Gasteiger partial charge in [0, 0.05) is 10.0 Å². The summed E-state index contributed by atoms with van der Waals surface area (Å²) < 4.78 is 5.28. The van der Waals surface area contributed by atoms with Crippen molar-refractivity contribution in [3.8, 4) is 17.1 Å². The SMILES string of the molecule is CC.COc1ccc(Cl)cc1-c1nc2ccc(Cl)cc2c(=O)[nH]1. The molecule has 2 aromatic carbocycles. The molecular formula is C17H16Cl2N2O2. The lowest BCUT2D eigenvalue weighted by molar-refractivity contribution is 0.416. The molecule has 0 spiro atoms. The maximum Gasteiger partial charge on any atom is 0.259 e. The van der Waals surface area contributed by atoms with E-state index in [4.69, 9.17) is 27.9 Å². The normalized spacial score (nSPS) is 10.1. The number of fused-ring (bicyclic) bond motifs is 1. The number of aromatic nitrogens is 2.